The molecule has 1 heterocycles. The highest BCUT2D eigenvalue weighted by Crippen LogP contribution is 2.14. The predicted molar refractivity (Wildman–Crippen MR) is 78.1 cm³/mol. The smallest absolute Gasteiger partial charge is 0.231 e. The maximum Gasteiger partial charge on any atom is 0.231 e. The first-order valence-electron chi connectivity index (χ1n) is 6.45. The number of nitrogens with one attached hydrogen (secondary N) is 1. The van der Waals surface area contributed by atoms with Crippen LogP contribution in [0.2, 0.25) is 0 Å². The molecular weight excluding hydrogens is 244 g/mol. The molecule has 0 saturated heterocycles. The van der Waals surface area contributed by atoms with Gasteiger partial charge in [0.25, 0.3) is 0 Å². The van der Waals surface area contributed by atoms with E-state index >= 15 is 0 Å². The van der Waals surface area contributed by atoms with Crippen molar-refractivity contribution < 1.29 is 4.74 Å². The van der Waals surface area contributed by atoms with Gasteiger partial charge in [-0.1, -0.05) is 0 Å². The first-order valence-corrected chi connectivity index (χ1v) is 6.45. The van der Waals surface area contributed by atoms with E-state index in [1.165, 1.54) is 0 Å². The van der Waals surface area contributed by atoms with Gasteiger partial charge in [0.2, 0.25) is 17.8 Å². The Labute approximate surface area is 115 Å². The fourth-order valence-corrected chi connectivity index (χ4v) is 1.51. The third-order valence-electron chi connectivity index (χ3n) is 2.53. The van der Waals surface area contributed by atoms with Gasteiger partial charge in [0.05, 0.1) is 0 Å². The Morgan fingerprint density at radius 2 is 1.79 bits per heavy atom. The van der Waals surface area contributed by atoms with E-state index in [1.54, 1.807) is 7.11 Å². The fraction of sp³-hybridized carbons (Fsp3) is 0.750. The maximum atomic E-state index is 5.05. The van der Waals surface area contributed by atoms with E-state index in [-0.39, 0.29) is 0 Å². The molecule has 0 unspecified atom stereocenters. The first kappa shape index (κ1) is 15.4. The van der Waals surface area contributed by atoms with Crippen LogP contribution in [0.5, 0.6) is 0 Å². The molecule has 0 aliphatic rings. The van der Waals surface area contributed by atoms with Crippen LogP contribution < -0.4 is 15.1 Å². The van der Waals surface area contributed by atoms with Crippen LogP contribution in [-0.2, 0) is 4.74 Å². The number of rotatable bonds is 8. The highest BCUT2D eigenvalue weighted by atomic mass is 16.5. The van der Waals surface area contributed by atoms with E-state index in [4.69, 9.17) is 4.74 Å². The van der Waals surface area contributed by atoms with Crippen molar-refractivity contribution >= 4 is 17.8 Å². The van der Waals surface area contributed by atoms with Crippen LogP contribution in [0, 0.1) is 0 Å². The lowest BCUT2D eigenvalue weighted by atomic mass is 10.4. The average molecular weight is 268 g/mol. The molecule has 108 valence electrons. The van der Waals surface area contributed by atoms with E-state index in [0.717, 1.165) is 26.1 Å². The van der Waals surface area contributed by atoms with Crippen molar-refractivity contribution in [3.63, 3.8) is 0 Å². The van der Waals surface area contributed by atoms with Gasteiger partial charge < -0.3 is 19.9 Å². The van der Waals surface area contributed by atoms with E-state index in [9.17, 15) is 0 Å². The third kappa shape index (κ3) is 4.86. The summed E-state index contributed by atoms with van der Waals surface area (Å²) in [6.07, 6.45) is 0.937. The summed E-state index contributed by atoms with van der Waals surface area (Å²) < 4.78 is 5.05. The number of methoxy groups -OCH3 is 1. The third-order valence-corrected chi connectivity index (χ3v) is 2.53. The number of hydrogen-bond donors (Lipinski definition) is 1. The van der Waals surface area contributed by atoms with Crippen LogP contribution in [0.3, 0.4) is 0 Å². The molecule has 7 heteroatoms. The summed E-state index contributed by atoms with van der Waals surface area (Å²) in [7, 11) is 7.51. The van der Waals surface area contributed by atoms with Crippen LogP contribution in [0.15, 0.2) is 0 Å². The zero-order valence-electron chi connectivity index (χ0n) is 12.5. The molecule has 0 fully saturated rings. The lowest BCUT2D eigenvalue weighted by Gasteiger charge is -2.19. The molecule has 0 bridgehead atoms. The molecule has 0 aliphatic carbocycles. The highest BCUT2D eigenvalue weighted by Gasteiger charge is 2.11. The second-order valence-electron chi connectivity index (χ2n) is 4.45. The summed E-state index contributed by atoms with van der Waals surface area (Å²) in [5, 5.41) is 3.13. The summed E-state index contributed by atoms with van der Waals surface area (Å²) in [6, 6.07) is 0. The summed E-state index contributed by atoms with van der Waals surface area (Å²) >= 11 is 0. The molecule has 0 amide bonds. The quantitative estimate of drug-likeness (QED) is 0.701. The zero-order chi connectivity index (χ0) is 14.3. The monoisotopic (exact) mass is 268 g/mol. The SMILES string of the molecule is CCNc1nc(N(C)C)nc(N(C)CCCOC)n1. The predicted octanol–water partition coefficient (Wildman–Crippen LogP) is 0.842. The highest BCUT2D eigenvalue weighted by molar-refractivity contribution is 5.43. The van der Waals surface area contributed by atoms with Crippen LogP contribution >= 0.6 is 0 Å². The molecular formula is C12H24N6O. The second-order valence-corrected chi connectivity index (χ2v) is 4.45. The number of aromatic nitrogens is 3. The van der Waals surface area contributed by atoms with Gasteiger partial charge in [0, 0.05) is 47.9 Å². The van der Waals surface area contributed by atoms with Gasteiger partial charge in [0.1, 0.15) is 0 Å². The van der Waals surface area contributed by atoms with Crippen molar-refractivity contribution in [3.05, 3.63) is 0 Å². The lowest BCUT2D eigenvalue weighted by molar-refractivity contribution is 0.196. The van der Waals surface area contributed by atoms with Crippen molar-refractivity contribution in [1.29, 1.82) is 0 Å². The zero-order valence-corrected chi connectivity index (χ0v) is 12.5. The summed E-state index contributed by atoms with van der Waals surface area (Å²) in [6.45, 7) is 4.37. The van der Waals surface area contributed by atoms with E-state index in [2.05, 4.69) is 20.3 Å². The minimum atomic E-state index is 0.606. The lowest BCUT2D eigenvalue weighted by Crippen LogP contribution is -2.24. The average Bonchev–Trinajstić information content (AvgIpc) is 2.39. The van der Waals surface area contributed by atoms with Crippen LogP contribution in [0.25, 0.3) is 0 Å². The molecule has 0 spiro atoms. The van der Waals surface area contributed by atoms with Gasteiger partial charge in [-0.15, -0.1) is 0 Å². The Balaban J connectivity index is 2.85. The Morgan fingerprint density at radius 3 is 2.37 bits per heavy atom. The number of nitrogens with zero attached hydrogens (tertiary/aromatic N) is 5. The Bertz CT molecular complexity index is 384. The number of hydrogen-bond acceptors (Lipinski definition) is 7. The standard InChI is InChI=1S/C12H24N6O/c1-6-13-10-14-11(17(2)3)16-12(15-10)18(4)8-7-9-19-5/h6-9H2,1-5H3,(H,13,14,15,16). The van der Waals surface area contributed by atoms with Gasteiger partial charge in [-0.3, -0.25) is 0 Å². The van der Waals surface area contributed by atoms with Crippen LogP contribution in [0.1, 0.15) is 13.3 Å². The molecule has 0 aliphatic heterocycles. The summed E-state index contributed by atoms with van der Waals surface area (Å²) in [4.78, 5) is 17.1. The van der Waals surface area contributed by atoms with Gasteiger partial charge in [0.15, 0.2) is 0 Å². The maximum absolute atomic E-state index is 5.05. The van der Waals surface area contributed by atoms with Crippen LogP contribution in [0.4, 0.5) is 17.8 Å². The van der Waals surface area contributed by atoms with Gasteiger partial charge >= 0.3 is 0 Å². The van der Waals surface area contributed by atoms with Crippen molar-refractivity contribution in [2.45, 2.75) is 13.3 Å². The largest absolute Gasteiger partial charge is 0.385 e. The topological polar surface area (TPSA) is 66.4 Å². The summed E-state index contributed by atoms with van der Waals surface area (Å²) in [5.74, 6) is 1.93. The van der Waals surface area contributed by atoms with Crippen molar-refractivity contribution in [3.8, 4) is 0 Å². The number of ether oxygens (including phenoxy) is 1. The molecule has 0 atom stereocenters. The fourth-order valence-electron chi connectivity index (χ4n) is 1.51. The summed E-state index contributed by atoms with van der Waals surface area (Å²) in [5.41, 5.74) is 0. The van der Waals surface area contributed by atoms with Crippen molar-refractivity contribution in [2.75, 3.05) is 63.1 Å². The molecule has 19 heavy (non-hydrogen) atoms. The molecule has 1 N–H and O–H groups in total. The van der Waals surface area contributed by atoms with E-state index in [1.807, 2.05) is 37.9 Å². The van der Waals surface area contributed by atoms with Gasteiger partial charge in [-0.2, -0.15) is 15.0 Å². The van der Waals surface area contributed by atoms with E-state index in [0.29, 0.717) is 17.8 Å². The number of anilines is 3. The van der Waals surface area contributed by atoms with Crippen molar-refractivity contribution in [1.82, 2.24) is 15.0 Å². The van der Waals surface area contributed by atoms with Gasteiger partial charge in [-0.25, -0.2) is 0 Å². The molecule has 7 nitrogen and oxygen atoms in total. The minimum Gasteiger partial charge on any atom is -0.385 e. The molecule has 0 saturated carbocycles. The molecule has 0 radical (unpaired) electrons. The first-order chi connectivity index (χ1) is 9.08. The normalized spacial score (nSPS) is 10.4. The van der Waals surface area contributed by atoms with E-state index < -0.39 is 0 Å². The molecule has 1 aromatic heterocycles. The Kier molecular flexibility index (Phi) is 6.27. The minimum absolute atomic E-state index is 0.606. The Hall–Kier alpha value is -1.63. The van der Waals surface area contributed by atoms with Gasteiger partial charge in [-0.05, 0) is 13.3 Å². The molecule has 1 aromatic rings. The molecule has 1 rings (SSSR count). The van der Waals surface area contributed by atoms with Crippen molar-refractivity contribution in [2.24, 2.45) is 0 Å². The molecule has 0 aromatic carbocycles. The van der Waals surface area contributed by atoms with Crippen LogP contribution in [-0.4, -0.2) is 62.9 Å². The second kappa shape index (κ2) is 7.73. The Morgan fingerprint density at radius 1 is 1.11 bits per heavy atom.